The lowest BCUT2D eigenvalue weighted by Crippen LogP contribution is -2.77. The maximum atomic E-state index is 14.9. The van der Waals surface area contributed by atoms with Crippen LogP contribution in [-0.2, 0) is 9.59 Å². The summed E-state index contributed by atoms with van der Waals surface area (Å²) in [5, 5.41) is 15.6. The molecule has 0 aliphatic heterocycles. The SMILES string of the molecule is COc1cc(F)c(OC2CCC(C)(C(=O)O)CC2)cc1C(=O)NC1C2CCC(C2)C1C(=O)NC12CC(F)(C1)C2. The van der Waals surface area contributed by atoms with Crippen LogP contribution in [0.5, 0.6) is 11.5 Å². The molecule has 8 nitrogen and oxygen atoms in total. The van der Waals surface area contributed by atoms with E-state index in [1.54, 1.807) is 6.92 Å². The summed E-state index contributed by atoms with van der Waals surface area (Å²) in [7, 11) is 1.36. The maximum Gasteiger partial charge on any atom is 0.309 e. The van der Waals surface area contributed by atoms with Crippen molar-refractivity contribution in [3.8, 4) is 11.5 Å². The summed E-state index contributed by atoms with van der Waals surface area (Å²) in [6.07, 6.45) is 5.20. The zero-order chi connectivity index (χ0) is 27.7. The second-order valence-corrected chi connectivity index (χ2v) is 13.0. The summed E-state index contributed by atoms with van der Waals surface area (Å²) in [4.78, 5) is 38.4. The van der Waals surface area contributed by atoms with Crippen molar-refractivity contribution < 1.29 is 37.7 Å². The summed E-state index contributed by atoms with van der Waals surface area (Å²) in [6.45, 7) is 1.71. The van der Waals surface area contributed by atoms with E-state index in [4.69, 9.17) is 9.47 Å². The largest absolute Gasteiger partial charge is 0.496 e. The highest BCUT2D eigenvalue weighted by molar-refractivity contribution is 5.98. The van der Waals surface area contributed by atoms with Gasteiger partial charge in [0.05, 0.1) is 30.1 Å². The first-order chi connectivity index (χ1) is 18.4. The number of nitrogens with one attached hydrogen (secondary N) is 2. The molecule has 4 bridgehead atoms. The Morgan fingerprint density at radius 3 is 2.31 bits per heavy atom. The lowest BCUT2D eigenvalue weighted by Gasteiger charge is -2.66. The van der Waals surface area contributed by atoms with Crippen LogP contribution in [0, 0.1) is 29.0 Å². The van der Waals surface area contributed by atoms with Crippen molar-refractivity contribution in [2.75, 3.05) is 7.11 Å². The smallest absolute Gasteiger partial charge is 0.309 e. The van der Waals surface area contributed by atoms with E-state index in [1.165, 1.54) is 13.2 Å². The number of carboxylic acid groups (broad SMARTS) is 1. The Labute approximate surface area is 226 Å². The molecule has 2 amide bonds. The van der Waals surface area contributed by atoms with Crippen LogP contribution in [0.1, 0.15) is 81.5 Å². The monoisotopic (exact) mass is 546 g/mol. The van der Waals surface area contributed by atoms with Gasteiger partial charge in [-0.3, -0.25) is 14.4 Å². The summed E-state index contributed by atoms with van der Waals surface area (Å²) in [5.41, 5.74) is -2.24. The van der Waals surface area contributed by atoms with Gasteiger partial charge in [-0.2, -0.15) is 0 Å². The number of carbonyl (C=O) groups excluding carboxylic acids is 2. The molecule has 0 aromatic heterocycles. The maximum absolute atomic E-state index is 14.9. The Hall–Kier alpha value is -2.91. The summed E-state index contributed by atoms with van der Waals surface area (Å²) < 4.78 is 40.2. The zero-order valence-electron chi connectivity index (χ0n) is 22.4. The Balaban J connectivity index is 1.16. The van der Waals surface area contributed by atoms with Crippen LogP contribution in [0.4, 0.5) is 8.78 Å². The predicted molar refractivity (Wildman–Crippen MR) is 136 cm³/mol. The van der Waals surface area contributed by atoms with E-state index in [-0.39, 0.29) is 52.9 Å². The number of fused-ring (bicyclic) bond motifs is 2. The number of carboxylic acids is 1. The fourth-order valence-corrected chi connectivity index (χ4v) is 7.96. The van der Waals surface area contributed by atoms with Gasteiger partial charge in [-0.15, -0.1) is 0 Å². The third-order valence-corrected chi connectivity index (χ3v) is 10.2. The molecule has 0 spiro atoms. The fourth-order valence-electron chi connectivity index (χ4n) is 7.96. The third kappa shape index (κ3) is 4.43. The summed E-state index contributed by atoms with van der Waals surface area (Å²) in [6, 6.07) is 2.09. The Morgan fingerprint density at radius 1 is 1.03 bits per heavy atom. The molecule has 1 aromatic rings. The van der Waals surface area contributed by atoms with Crippen LogP contribution in [-0.4, -0.2) is 53.4 Å². The number of amides is 2. The minimum absolute atomic E-state index is 0.0608. The molecular weight excluding hydrogens is 510 g/mol. The van der Waals surface area contributed by atoms with Crippen LogP contribution in [0.2, 0.25) is 0 Å². The van der Waals surface area contributed by atoms with Crippen LogP contribution in [0.3, 0.4) is 0 Å². The van der Waals surface area contributed by atoms with Crippen molar-refractivity contribution in [2.45, 2.75) is 94.5 Å². The Bertz CT molecular complexity index is 1190. The number of halogens is 2. The second-order valence-electron chi connectivity index (χ2n) is 13.0. The number of alkyl halides is 1. The van der Waals surface area contributed by atoms with Crippen molar-refractivity contribution in [1.29, 1.82) is 0 Å². The molecule has 1 aromatic carbocycles. The zero-order valence-corrected chi connectivity index (χ0v) is 22.4. The number of hydrogen-bond donors (Lipinski definition) is 3. The standard InChI is InChI=1S/C29H36F2N2O6/c1-27(26(36)37)7-5-17(6-8-27)39-21-10-18(20(38-2)11-19(21)30)24(34)32-23-16-4-3-15(9-16)22(23)25(35)33-29-12-28(31,13-29)14-29/h10-11,15-17,22-23H,3-9,12-14H2,1-2H3,(H,32,34)(H,33,35)(H,36,37). The molecular formula is C29H36F2N2O6. The van der Waals surface area contributed by atoms with Crippen LogP contribution in [0.15, 0.2) is 12.1 Å². The number of aliphatic carboxylic acids is 1. The number of hydrogen-bond acceptors (Lipinski definition) is 5. The molecule has 0 radical (unpaired) electrons. The Morgan fingerprint density at radius 2 is 1.69 bits per heavy atom. The van der Waals surface area contributed by atoms with Gasteiger partial charge in [0.15, 0.2) is 11.6 Å². The number of benzene rings is 1. The molecule has 6 aliphatic rings. The van der Waals surface area contributed by atoms with Gasteiger partial charge >= 0.3 is 5.97 Å². The molecule has 3 N–H and O–H groups in total. The van der Waals surface area contributed by atoms with Gasteiger partial charge in [0.2, 0.25) is 5.91 Å². The molecule has 6 aliphatic carbocycles. The minimum Gasteiger partial charge on any atom is -0.496 e. The van der Waals surface area contributed by atoms with Crippen LogP contribution >= 0.6 is 0 Å². The predicted octanol–water partition coefficient (Wildman–Crippen LogP) is 4.15. The molecule has 7 rings (SSSR count). The molecule has 6 saturated carbocycles. The minimum atomic E-state index is -1.11. The van der Waals surface area contributed by atoms with E-state index in [9.17, 15) is 28.3 Å². The topological polar surface area (TPSA) is 114 Å². The molecule has 212 valence electrons. The third-order valence-electron chi connectivity index (χ3n) is 10.2. The van der Waals surface area contributed by atoms with Crippen molar-refractivity contribution in [1.82, 2.24) is 10.6 Å². The summed E-state index contributed by atoms with van der Waals surface area (Å²) in [5.74, 6) is -2.17. The van der Waals surface area contributed by atoms with E-state index in [2.05, 4.69) is 10.6 Å². The van der Waals surface area contributed by atoms with Gasteiger partial charge in [0.1, 0.15) is 11.4 Å². The molecule has 0 heterocycles. The van der Waals surface area contributed by atoms with E-state index in [1.807, 2.05) is 0 Å². The van der Waals surface area contributed by atoms with Crippen molar-refractivity contribution >= 4 is 17.8 Å². The van der Waals surface area contributed by atoms with Gasteiger partial charge in [-0.05, 0) is 69.8 Å². The quantitative estimate of drug-likeness (QED) is 0.452. The highest BCUT2D eigenvalue weighted by Crippen LogP contribution is 2.63. The molecule has 4 unspecified atom stereocenters. The molecule has 10 heteroatoms. The molecule has 4 atom stereocenters. The summed E-state index contributed by atoms with van der Waals surface area (Å²) >= 11 is 0. The first kappa shape index (κ1) is 26.3. The Kier molecular flexibility index (Phi) is 6.11. The van der Waals surface area contributed by atoms with Gasteiger partial charge in [-0.25, -0.2) is 8.78 Å². The number of carbonyl (C=O) groups is 3. The van der Waals surface area contributed by atoms with E-state index < -0.39 is 34.3 Å². The van der Waals surface area contributed by atoms with Crippen LogP contribution < -0.4 is 20.1 Å². The van der Waals surface area contributed by atoms with E-state index in [0.29, 0.717) is 44.9 Å². The molecule has 6 fully saturated rings. The van der Waals surface area contributed by atoms with E-state index >= 15 is 0 Å². The molecule has 0 saturated heterocycles. The van der Waals surface area contributed by atoms with Crippen molar-refractivity contribution in [3.63, 3.8) is 0 Å². The van der Waals surface area contributed by atoms with Gasteiger partial charge < -0.3 is 25.2 Å². The second kappa shape index (κ2) is 9.06. The number of ether oxygens (including phenoxy) is 2. The average Bonchev–Trinajstić information content (AvgIpc) is 3.46. The average molecular weight is 547 g/mol. The number of methoxy groups -OCH3 is 1. The van der Waals surface area contributed by atoms with E-state index in [0.717, 1.165) is 25.3 Å². The lowest BCUT2D eigenvalue weighted by atomic mass is 9.47. The first-order valence-electron chi connectivity index (χ1n) is 14.0. The van der Waals surface area contributed by atoms with Crippen molar-refractivity contribution in [3.05, 3.63) is 23.5 Å². The lowest BCUT2D eigenvalue weighted by molar-refractivity contribution is -0.177. The van der Waals surface area contributed by atoms with Crippen LogP contribution in [0.25, 0.3) is 0 Å². The highest BCUT2D eigenvalue weighted by atomic mass is 19.1. The van der Waals surface area contributed by atoms with Gasteiger partial charge in [0, 0.05) is 36.9 Å². The first-order valence-corrected chi connectivity index (χ1v) is 14.0. The normalized spacial score (nSPS) is 39.7. The van der Waals surface area contributed by atoms with Gasteiger partial charge in [-0.1, -0.05) is 0 Å². The molecule has 39 heavy (non-hydrogen) atoms. The van der Waals surface area contributed by atoms with Gasteiger partial charge in [0.25, 0.3) is 5.91 Å². The van der Waals surface area contributed by atoms with Crippen molar-refractivity contribution in [2.24, 2.45) is 23.2 Å². The fraction of sp³-hybridized carbons (Fsp3) is 0.690. The highest BCUT2D eigenvalue weighted by Gasteiger charge is 2.70. The number of rotatable bonds is 8.